The highest BCUT2D eigenvalue weighted by atomic mass is 16.4. The van der Waals surface area contributed by atoms with Gasteiger partial charge in [-0.05, 0) is 42.6 Å². The molecular formula is C17H24N2O. The van der Waals surface area contributed by atoms with Gasteiger partial charge in [-0.15, -0.1) is 0 Å². The zero-order valence-electron chi connectivity index (χ0n) is 12.6. The van der Waals surface area contributed by atoms with Gasteiger partial charge in [0.2, 0.25) is 0 Å². The lowest BCUT2D eigenvalue weighted by atomic mass is 9.81. The molecule has 0 heterocycles. The van der Waals surface area contributed by atoms with Crippen LogP contribution in [-0.2, 0) is 6.54 Å². The Kier molecular flexibility index (Phi) is 3.13. The van der Waals surface area contributed by atoms with E-state index in [9.17, 15) is 5.21 Å². The second-order valence-corrected chi connectivity index (χ2v) is 7.16. The van der Waals surface area contributed by atoms with Crippen LogP contribution < -0.4 is 5.32 Å². The summed E-state index contributed by atoms with van der Waals surface area (Å²) in [5, 5.41) is 16.6. The maximum Gasteiger partial charge on any atom is 0.0771 e. The summed E-state index contributed by atoms with van der Waals surface area (Å²) in [7, 11) is 0. The molecule has 2 N–H and O–H groups in total. The van der Waals surface area contributed by atoms with Gasteiger partial charge in [0.15, 0.2) is 0 Å². The third-order valence-corrected chi connectivity index (χ3v) is 5.61. The lowest BCUT2D eigenvalue weighted by Gasteiger charge is -2.35. The van der Waals surface area contributed by atoms with Gasteiger partial charge < -0.3 is 10.5 Å². The van der Waals surface area contributed by atoms with E-state index < -0.39 is 0 Å². The van der Waals surface area contributed by atoms with E-state index in [0.717, 1.165) is 31.0 Å². The second-order valence-electron chi connectivity index (χ2n) is 7.16. The maximum absolute atomic E-state index is 9.38. The Labute approximate surface area is 121 Å². The number of fused-ring (bicyclic) bond motifs is 1. The topological polar surface area (TPSA) is 44.6 Å². The molecule has 2 aliphatic carbocycles. The average Bonchev–Trinajstić information content (AvgIpc) is 2.97. The molecule has 1 aromatic carbocycles. The van der Waals surface area contributed by atoms with Gasteiger partial charge in [-0.2, -0.15) is 0 Å². The predicted octanol–water partition coefficient (Wildman–Crippen LogP) is 3.43. The molecule has 3 heteroatoms. The van der Waals surface area contributed by atoms with Crippen LogP contribution in [0.25, 0.3) is 0 Å². The molecule has 2 aliphatic rings. The van der Waals surface area contributed by atoms with Crippen molar-refractivity contribution in [1.82, 2.24) is 5.32 Å². The highest BCUT2D eigenvalue weighted by Crippen LogP contribution is 2.65. The SMILES string of the molecule is CC1(NCc2ccccc2)CC2C(C/C1=N/O)C2(C)C. The lowest BCUT2D eigenvalue weighted by Crippen LogP contribution is -2.51. The Morgan fingerprint density at radius 3 is 2.55 bits per heavy atom. The number of nitrogens with one attached hydrogen (secondary N) is 1. The molecule has 20 heavy (non-hydrogen) atoms. The predicted molar refractivity (Wildman–Crippen MR) is 80.9 cm³/mol. The number of hydrogen-bond donors (Lipinski definition) is 2. The minimum Gasteiger partial charge on any atom is -0.411 e. The summed E-state index contributed by atoms with van der Waals surface area (Å²) in [5.74, 6) is 1.45. The third-order valence-electron chi connectivity index (χ3n) is 5.61. The van der Waals surface area contributed by atoms with Crippen molar-refractivity contribution >= 4 is 5.71 Å². The quantitative estimate of drug-likeness (QED) is 0.654. The highest BCUT2D eigenvalue weighted by molar-refractivity contribution is 5.94. The van der Waals surface area contributed by atoms with Crippen LogP contribution in [0.4, 0.5) is 0 Å². The van der Waals surface area contributed by atoms with Crippen LogP contribution >= 0.6 is 0 Å². The van der Waals surface area contributed by atoms with Gasteiger partial charge in [0.25, 0.3) is 0 Å². The van der Waals surface area contributed by atoms with Crippen LogP contribution in [0.3, 0.4) is 0 Å². The van der Waals surface area contributed by atoms with Crippen molar-refractivity contribution in [2.75, 3.05) is 0 Å². The van der Waals surface area contributed by atoms with Crippen molar-refractivity contribution in [3.63, 3.8) is 0 Å². The fourth-order valence-electron chi connectivity index (χ4n) is 3.88. The number of benzene rings is 1. The molecule has 2 fully saturated rings. The number of nitrogens with zero attached hydrogens (tertiary/aromatic N) is 1. The van der Waals surface area contributed by atoms with Crippen molar-refractivity contribution in [2.24, 2.45) is 22.4 Å². The summed E-state index contributed by atoms with van der Waals surface area (Å²) in [6, 6.07) is 10.4. The Morgan fingerprint density at radius 2 is 1.90 bits per heavy atom. The van der Waals surface area contributed by atoms with Gasteiger partial charge in [0.1, 0.15) is 0 Å². The molecule has 0 radical (unpaired) electrons. The van der Waals surface area contributed by atoms with Gasteiger partial charge >= 0.3 is 0 Å². The first-order valence-electron chi connectivity index (χ1n) is 7.48. The van der Waals surface area contributed by atoms with Crippen LogP contribution in [0.1, 0.15) is 39.2 Å². The van der Waals surface area contributed by atoms with E-state index >= 15 is 0 Å². The van der Waals surface area contributed by atoms with Crippen molar-refractivity contribution in [3.8, 4) is 0 Å². The van der Waals surface area contributed by atoms with Gasteiger partial charge in [0.05, 0.1) is 11.3 Å². The van der Waals surface area contributed by atoms with Crippen molar-refractivity contribution < 1.29 is 5.21 Å². The van der Waals surface area contributed by atoms with Crippen LogP contribution in [0, 0.1) is 17.3 Å². The molecule has 3 unspecified atom stereocenters. The summed E-state index contributed by atoms with van der Waals surface area (Å²) in [4.78, 5) is 0. The summed E-state index contributed by atoms with van der Waals surface area (Å²) in [6.07, 6.45) is 1.99. The summed E-state index contributed by atoms with van der Waals surface area (Å²) in [6.45, 7) is 7.66. The molecule has 0 aliphatic heterocycles. The minimum atomic E-state index is -0.181. The molecule has 0 spiro atoms. The molecule has 2 saturated carbocycles. The van der Waals surface area contributed by atoms with E-state index in [4.69, 9.17) is 0 Å². The average molecular weight is 272 g/mol. The zero-order valence-corrected chi connectivity index (χ0v) is 12.6. The Bertz CT molecular complexity index is 523. The van der Waals surface area contributed by atoms with Gasteiger partial charge in [0, 0.05) is 6.54 Å². The van der Waals surface area contributed by atoms with Crippen molar-refractivity contribution in [3.05, 3.63) is 35.9 Å². The summed E-state index contributed by atoms with van der Waals surface area (Å²) in [5.41, 5.74) is 2.41. The largest absolute Gasteiger partial charge is 0.411 e. The van der Waals surface area contributed by atoms with Crippen LogP contribution in [0.5, 0.6) is 0 Å². The molecular weight excluding hydrogens is 248 g/mol. The monoisotopic (exact) mass is 272 g/mol. The van der Waals surface area contributed by atoms with E-state index in [1.807, 2.05) is 6.07 Å². The second kappa shape index (κ2) is 4.59. The maximum atomic E-state index is 9.38. The minimum absolute atomic E-state index is 0.181. The molecule has 0 saturated heterocycles. The first-order valence-corrected chi connectivity index (χ1v) is 7.48. The van der Waals surface area contributed by atoms with E-state index in [-0.39, 0.29) is 5.54 Å². The molecule has 108 valence electrons. The lowest BCUT2D eigenvalue weighted by molar-refractivity contribution is 0.293. The van der Waals surface area contributed by atoms with Crippen LogP contribution in [0.2, 0.25) is 0 Å². The summed E-state index contributed by atoms with van der Waals surface area (Å²) < 4.78 is 0. The zero-order chi connectivity index (χ0) is 14.4. The molecule has 0 bridgehead atoms. The number of hydrogen-bond acceptors (Lipinski definition) is 3. The first kappa shape index (κ1) is 13.6. The Morgan fingerprint density at radius 1 is 1.20 bits per heavy atom. The van der Waals surface area contributed by atoms with Gasteiger partial charge in [-0.1, -0.05) is 49.3 Å². The van der Waals surface area contributed by atoms with E-state index in [2.05, 4.69) is 55.5 Å². The van der Waals surface area contributed by atoms with Gasteiger partial charge in [-0.25, -0.2) is 0 Å². The first-order chi connectivity index (χ1) is 9.47. The molecule has 3 atom stereocenters. The third kappa shape index (κ3) is 2.14. The smallest absolute Gasteiger partial charge is 0.0771 e. The fraction of sp³-hybridized carbons (Fsp3) is 0.588. The molecule has 3 rings (SSSR count). The van der Waals surface area contributed by atoms with E-state index in [0.29, 0.717) is 11.3 Å². The van der Waals surface area contributed by atoms with Crippen LogP contribution in [-0.4, -0.2) is 16.5 Å². The Balaban J connectivity index is 1.73. The van der Waals surface area contributed by atoms with E-state index in [1.165, 1.54) is 5.56 Å². The summed E-state index contributed by atoms with van der Waals surface area (Å²) >= 11 is 0. The van der Waals surface area contributed by atoms with Crippen molar-refractivity contribution in [1.29, 1.82) is 0 Å². The fourth-order valence-corrected chi connectivity index (χ4v) is 3.88. The van der Waals surface area contributed by atoms with Gasteiger partial charge in [-0.3, -0.25) is 0 Å². The normalized spacial score (nSPS) is 36.6. The van der Waals surface area contributed by atoms with Crippen LogP contribution in [0.15, 0.2) is 35.5 Å². The molecule has 1 aromatic rings. The molecule has 3 nitrogen and oxygen atoms in total. The van der Waals surface area contributed by atoms with E-state index in [1.54, 1.807) is 0 Å². The highest BCUT2D eigenvalue weighted by Gasteiger charge is 2.63. The Hall–Kier alpha value is -1.35. The van der Waals surface area contributed by atoms with Crippen molar-refractivity contribution in [2.45, 2.75) is 45.7 Å². The number of rotatable bonds is 3. The molecule has 0 aromatic heterocycles. The number of oxime groups is 1. The molecule has 0 amide bonds. The standard InChI is InChI=1S/C17H24N2O/c1-16(2)13-9-15(19-20)17(3,10-14(13)16)18-11-12-7-5-4-6-8-12/h4-8,13-14,18,20H,9-11H2,1-3H3/b19-15-.